The first-order chi connectivity index (χ1) is 16.4. The minimum absolute atomic E-state index is 0.232. The van der Waals surface area contributed by atoms with Gasteiger partial charge in [0.25, 0.3) is 5.91 Å². The molecule has 0 aliphatic heterocycles. The van der Waals surface area contributed by atoms with Crippen molar-refractivity contribution in [2.75, 3.05) is 0 Å². The summed E-state index contributed by atoms with van der Waals surface area (Å²) in [6.07, 6.45) is -6.83. The fraction of sp³-hybridized carbons (Fsp3) is 0.304. The molecule has 3 rings (SSSR count). The molecule has 0 spiro atoms. The van der Waals surface area contributed by atoms with Crippen LogP contribution in [0.1, 0.15) is 41.7 Å². The van der Waals surface area contributed by atoms with Crippen molar-refractivity contribution in [1.29, 1.82) is 0 Å². The van der Waals surface area contributed by atoms with Crippen LogP contribution in [0, 0.1) is 6.92 Å². The number of nitrogens with one attached hydrogen (secondary N) is 2. The number of nitrogens with zero attached hydrogens (tertiary/aromatic N) is 2. The number of H-pyrrole nitrogens is 1. The smallest absolute Gasteiger partial charge is 0.437 e. The Balaban J connectivity index is 1.86. The molecule has 1 heterocycles. The van der Waals surface area contributed by atoms with Crippen molar-refractivity contribution in [3.63, 3.8) is 0 Å². The van der Waals surface area contributed by atoms with Crippen molar-refractivity contribution in [3.05, 3.63) is 81.4 Å². The molecule has 2 N–H and O–H groups in total. The zero-order valence-electron chi connectivity index (χ0n) is 18.6. The minimum atomic E-state index is -5.30. The van der Waals surface area contributed by atoms with Gasteiger partial charge in [0.15, 0.2) is 0 Å². The van der Waals surface area contributed by atoms with Gasteiger partial charge in [0.05, 0.1) is 0 Å². The lowest BCUT2D eigenvalue weighted by atomic mass is 9.86. The second-order valence-corrected chi connectivity index (χ2v) is 8.72. The number of benzene rings is 2. The van der Waals surface area contributed by atoms with Gasteiger partial charge in [-0.1, -0.05) is 47.5 Å². The highest BCUT2D eigenvalue weighted by Gasteiger charge is 2.45. The zero-order valence-corrected chi connectivity index (χ0v) is 20.1. The number of hydrogen-bond donors (Lipinski definition) is 2. The number of alkyl halides is 3. The van der Waals surface area contributed by atoms with Crippen molar-refractivity contribution in [1.82, 2.24) is 20.5 Å². The van der Waals surface area contributed by atoms with Crippen molar-refractivity contribution in [3.8, 4) is 0 Å². The summed E-state index contributed by atoms with van der Waals surface area (Å²) >= 11 is 12.0. The van der Waals surface area contributed by atoms with Gasteiger partial charge >= 0.3 is 12.1 Å². The molecule has 35 heavy (non-hydrogen) atoms. The quantitative estimate of drug-likeness (QED) is 0.396. The fourth-order valence-electron chi connectivity index (χ4n) is 3.44. The van der Waals surface area contributed by atoms with Crippen molar-refractivity contribution in [2.45, 2.75) is 44.5 Å². The normalized spacial score (nSPS) is 14.1. The molecule has 1 amide bonds. The van der Waals surface area contributed by atoms with Crippen LogP contribution in [0.5, 0.6) is 0 Å². The van der Waals surface area contributed by atoms with E-state index in [0.717, 1.165) is 11.1 Å². The molecule has 0 saturated heterocycles. The third-order valence-electron chi connectivity index (χ3n) is 5.18. The van der Waals surface area contributed by atoms with E-state index in [0.29, 0.717) is 16.5 Å². The van der Waals surface area contributed by atoms with Gasteiger partial charge < -0.3 is 10.1 Å². The molecule has 0 bridgehead atoms. The molecule has 7 nitrogen and oxygen atoms in total. The number of halogens is 5. The molecule has 3 aromatic rings. The molecule has 3 atom stereocenters. The SMILES string of the molecule is Cc1nc(C(OC(=O)C(F)(F)F)C(=O)NC(C)C(Cc2ccc(Cl)cc2)c2ccc(Cl)cc2)n[nH]1. The third kappa shape index (κ3) is 7.19. The molecule has 0 aliphatic carbocycles. The topological polar surface area (TPSA) is 97.0 Å². The van der Waals surface area contributed by atoms with Gasteiger partial charge in [-0.15, -0.1) is 0 Å². The molecule has 0 radical (unpaired) electrons. The molecule has 1 aromatic heterocycles. The fourth-order valence-corrected chi connectivity index (χ4v) is 3.69. The van der Waals surface area contributed by atoms with E-state index in [-0.39, 0.29) is 11.7 Å². The Morgan fingerprint density at radius 1 is 1.06 bits per heavy atom. The first-order valence-electron chi connectivity index (χ1n) is 10.4. The summed E-state index contributed by atoms with van der Waals surface area (Å²) in [6, 6.07) is 13.5. The van der Waals surface area contributed by atoms with E-state index in [9.17, 15) is 22.8 Å². The highest BCUT2D eigenvalue weighted by molar-refractivity contribution is 6.30. The molecule has 0 aliphatic rings. The molecule has 186 valence electrons. The summed E-state index contributed by atoms with van der Waals surface area (Å²) in [4.78, 5) is 28.4. The van der Waals surface area contributed by atoms with Crippen LogP contribution in [0.15, 0.2) is 48.5 Å². The van der Waals surface area contributed by atoms with Crippen LogP contribution >= 0.6 is 23.2 Å². The number of esters is 1. The lowest BCUT2D eigenvalue weighted by Gasteiger charge is -2.27. The molecular weight excluding hydrogens is 508 g/mol. The van der Waals surface area contributed by atoms with Crippen LogP contribution in [0.4, 0.5) is 13.2 Å². The molecule has 0 saturated carbocycles. The van der Waals surface area contributed by atoms with E-state index in [2.05, 4.69) is 25.2 Å². The van der Waals surface area contributed by atoms with Crippen molar-refractivity contribution >= 4 is 35.1 Å². The van der Waals surface area contributed by atoms with Crippen LogP contribution in [0.25, 0.3) is 0 Å². The number of aromatic nitrogens is 3. The highest BCUT2D eigenvalue weighted by Crippen LogP contribution is 2.28. The Morgan fingerprint density at radius 2 is 1.63 bits per heavy atom. The third-order valence-corrected chi connectivity index (χ3v) is 5.69. The number of carbonyl (C=O) groups excluding carboxylic acids is 2. The van der Waals surface area contributed by atoms with Crippen LogP contribution < -0.4 is 5.32 Å². The van der Waals surface area contributed by atoms with Crippen molar-refractivity contribution < 1.29 is 27.5 Å². The Kier molecular flexibility index (Phi) is 8.39. The molecular formula is C23H21Cl2F3N4O3. The monoisotopic (exact) mass is 528 g/mol. The van der Waals surface area contributed by atoms with Gasteiger partial charge in [0, 0.05) is 22.0 Å². The molecule has 2 aromatic carbocycles. The second kappa shape index (κ2) is 11.1. The zero-order chi connectivity index (χ0) is 25.8. The van der Waals surface area contributed by atoms with Crippen LogP contribution in [0.2, 0.25) is 10.0 Å². The summed E-state index contributed by atoms with van der Waals surface area (Å²) in [5.74, 6) is -4.00. The lowest BCUT2D eigenvalue weighted by Crippen LogP contribution is -2.43. The Hall–Kier alpha value is -3.11. The first kappa shape index (κ1) is 26.5. The summed E-state index contributed by atoms with van der Waals surface area (Å²) < 4.78 is 43.0. The summed E-state index contributed by atoms with van der Waals surface area (Å²) in [5.41, 5.74) is 1.75. The van der Waals surface area contributed by atoms with Crippen LogP contribution in [-0.4, -0.2) is 39.3 Å². The molecule has 0 fully saturated rings. The summed E-state index contributed by atoms with van der Waals surface area (Å²) in [6.45, 7) is 3.18. The predicted octanol–water partition coefficient (Wildman–Crippen LogP) is 5.10. The number of aryl methyl sites for hydroxylation is 1. The summed E-state index contributed by atoms with van der Waals surface area (Å²) in [7, 11) is 0. The van der Waals surface area contributed by atoms with E-state index >= 15 is 0 Å². The van der Waals surface area contributed by atoms with Gasteiger partial charge in [-0.3, -0.25) is 9.89 Å². The standard InChI is InChI=1S/C23H21Cl2F3N4O3/c1-12(18(15-5-9-17(25)10-6-15)11-14-3-7-16(24)8-4-14)29-21(33)19(20-30-13(2)31-32-20)35-22(34)23(26,27)28/h3-10,12,18-19H,11H2,1-2H3,(H,29,33)(H,30,31,32). The number of carbonyl (C=O) groups is 2. The number of aromatic amines is 1. The van der Waals surface area contributed by atoms with Gasteiger partial charge in [-0.2, -0.15) is 18.3 Å². The average molecular weight is 529 g/mol. The Bertz CT molecular complexity index is 1170. The van der Waals surface area contributed by atoms with E-state index < -0.39 is 36.0 Å². The van der Waals surface area contributed by atoms with Gasteiger partial charge in [0.2, 0.25) is 11.9 Å². The van der Waals surface area contributed by atoms with Crippen LogP contribution in [0.3, 0.4) is 0 Å². The molecule has 3 unspecified atom stereocenters. The van der Waals surface area contributed by atoms with E-state index in [1.54, 1.807) is 43.3 Å². The Labute approximate surface area is 209 Å². The number of ether oxygens (including phenoxy) is 1. The van der Waals surface area contributed by atoms with Gasteiger partial charge in [-0.05, 0) is 55.7 Å². The van der Waals surface area contributed by atoms with Gasteiger partial charge in [0.1, 0.15) is 5.82 Å². The predicted molar refractivity (Wildman–Crippen MR) is 123 cm³/mol. The maximum atomic E-state index is 13.0. The lowest BCUT2D eigenvalue weighted by molar-refractivity contribution is -0.206. The number of rotatable bonds is 8. The van der Waals surface area contributed by atoms with E-state index in [1.165, 1.54) is 6.92 Å². The Morgan fingerprint density at radius 3 is 2.14 bits per heavy atom. The first-order valence-corrected chi connectivity index (χ1v) is 11.2. The van der Waals surface area contributed by atoms with E-state index in [1.807, 2.05) is 12.1 Å². The average Bonchev–Trinajstić information content (AvgIpc) is 3.22. The summed E-state index contributed by atoms with van der Waals surface area (Å²) in [5, 5.41) is 9.86. The maximum Gasteiger partial charge on any atom is 0.490 e. The maximum absolute atomic E-state index is 13.0. The van der Waals surface area contributed by atoms with Crippen LogP contribution in [-0.2, 0) is 20.7 Å². The van der Waals surface area contributed by atoms with E-state index in [4.69, 9.17) is 23.2 Å². The minimum Gasteiger partial charge on any atom is -0.437 e. The second-order valence-electron chi connectivity index (χ2n) is 7.85. The van der Waals surface area contributed by atoms with Gasteiger partial charge in [-0.25, -0.2) is 9.78 Å². The largest absolute Gasteiger partial charge is 0.490 e. The van der Waals surface area contributed by atoms with Crippen molar-refractivity contribution in [2.24, 2.45) is 0 Å². The number of hydrogen-bond acceptors (Lipinski definition) is 5. The molecule has 12 heteroatoms. The number of amides is 1. The highest BCUT2D eigenvalue weighted by atomic mass is 35.5.